The predicted octanol–water partition coefficient (Wildman–Crippen LogP) is 2.97. The quantitative estimate of drug-likeness (QED) is 0.867. The molecule has 0 aliphatic heterocycles. The molecule has 0 heterocycles. The van der Waals surface area contributed by atoms with Gasteiger partial charge in [-0.25, -0.2) is 4.39 Å². The molecule has 76 valence electrons. The number of nitrogens with two attached hydrogens (primary N) is 1. The van der Waals surface area contributed by atoms with Gasteiger partial charge in [0.25, 0.3) is 0 Å². The van der Waals surface area contributed by atoms with Gasteiger partial charge in [-0.3, -0.25) is 0 Å². The molecule has 0 bridgehead atoms. The molecular formula is C11H13BrFN. The van der Waals surface area contributed by atoms with E-state index in [0.29, 0.717) is 12.5 Å². The third-order valence-electron chi connectivity index (χ3n) is 2.89. The summed E-state index contributed by atoms with van der Waals surface area (Å²) in [4.78, 5) is 0. The molecule has 1 aliphatic rings. The Labute approximate surface area is 91.6 Å². The van der Waals surface area contributed by atoms with Gasteiger partial charge < -0.3 is 5.73 Å². The van der Waals surface area contributed by atoms with E-state index in [9.17, 15) is 4.39 Å². The highest BCUT2D eigenvalue weighted by Gasteiger charge is 2.24. The molecular weight excluding hydrogens is 245 g/mol. The van der Waals surface area contributed by atoms with Crippen LogP contribution in [0.5, 0.6) is 0 Å². The average molecular weight is 258 g/mol. The van der Waals surface area contributed by atoms with Gasteiger partial charge in [0.15, 0.2) is 0 Å². The molecule has 1 aromatic rings. The van der Waals surface area contributed by atoms with Gasteiger partial charge in [-0.15, -0.1) is 0 Å². The van der Waals surface area contributed by atoms with Gasteiger partial charge in [-0.2, -0.15) is 0 Å². The van der Waals surface area contributed by atoms with Crippen molar-refractivity contribution in [1.29, 1.82) is 0 Å². The van der Waals surface area contributed by atoms with Crippen molar-refractivity contribution < 1.29 is 4.39 Å². The molecule has 2 N–H and O–H groups in total. The first-order valence-corrected chi connectivity index (χ1v) is 5.69. The largest absolute Gasteiger partial charge is 0.330 e. The normalized spacial score (nSPS) is 19.8. The molecule has 0 fully saturated rings. The molecule has 0 aromatic heterocycles. The molecule has 0 saturated carbocycles. The summed E-state index contributed by atoms with van der Waals surface area (Å²) in [5.41, 5.74) is 7.96. The second kappa shape index (κ2) is 3.99. The maximum Gasteiger partial charge on any atom is 0.124 e. The molecule has 3 heteroatoms. The van der Waals surface area contributed by atoms with E-state index in [1.807, 2.05) is 0 Å². The number of rotatable bonds is 2. The summed E-state index contributed by atoms with van der Waals surface area (Å²) in [5, 5.41) is 0. The van der Waals surface area contributed by atoms with Crippen molar-refractivity contribution in [1.82, 2.24) is 0 Å². The highest BCUT2D eigenvalue weighted by Crippen LogP contribution is 2.39. The van der Waals surface area contributed by atoms with E-state index in [-0.39, 0.29) is 5.82 Å². The van der Waals surface area contributed by atoms with E-state index in [2.05, 4.69) is 15.9 Å². The lowest BCUT2D eigenvalue weighted by Gasteiger charge is -2.10. The van der Waals surface area contributed by atoms with Crippen LogP contribution in [0, 0.1) is 5.82 Å². The molecule has 0 saturated heterocycles. The van der Waals surface area contributed by atoms with Crippen LogP contribution in [0.3, 0.4) is 0 Å². The number of halogens is 2. The number of hydrogen-bond acceptors (Lipinski definition) is 1. The van der Waals surface area contributed by atoms with Crippen molar-refractivity contribution in [2.24, 2.45) is 5.73 Å². The highest BCUT2D eigenvalue weighted by molar-refractivity contribution is 9.10. The van der Waals surface area contributed by atoms with Gasteiger partial charge >= 0.3 is 0 Å². The maximum atomic E-state index is 13.2. The first kappa shape index (κ1) is 10.1. The van der Waals surface area contributed by atoms with E-state index < -0.39 is 0 Å². The summed E-state index contributed by atoms with van der Waals surface area (Å²) in [6.07, 6.45) is 3.11. The summed E-state index contributed by atoms with van der Waals surface area (Å²) in [6.45, 7) is 0.679. The zero-order valence-electron chi connectivity index (χ0n) is 7.89. The summed E-state index contributed by atoms with van der Waals surface area (Å²) >= 11 is 3.41. The molecule has 1 nitrogen and oxygen atoms in total. The maximum absolute atomic E-state index is 13.2. The zero-order chi connectivity index (χ0) is 10.1. The molecule has 1 aliphatic carbocycles. The fourth-order valence-electron chi connectivity index (χ4n) is 2.23. The number of hydrogen-bond donors (Lipinski definition) is 1. The lowest BCUT2D eigenvalue weighted by atomic mass is 9.98. The predicted molar refractivity (Wildman–Crippen MR) is 58.8 cm³/mol. The first-order chi connectivity index (χ1) is 6.72. The van der Waals surface area contributed by atoms with E-state index in [0.717, 1.165) is 29.3 Å². The summed E-state index contributed by atoms with van der Waals surface area (Å²) in [7, 11) is 0. The second-order valence-corrected chi connectivity index (χ2v) is 4.62. The van der Waals surface area contributed by atoms with Crippen LogP contribution < -0.4 is 5.73 Å². The van der Waals surface area contributed by atoms with Crippen LogP contribution in [0.2, 0.25) is 0 Å². The van der Waals surface area contributed by atoms with Crippen molar-refractivity contribution in [2.45, 2.75) is 25.2 Å². The lowest BCUT2D eigenvalue weighted by Crippen LogP contribution is -2.05. The monoisotopic (exact) mass is 257 g/mol. The van der Waals surface area contributed by atoms with Crippen molar-refractivity contribution in [2.75, 3.05) is 6.54 Å². The Bertz CT molecular complexity index is 351. The molecule has 0 amide bonds. The van der Waals surface area contributed by atoms with Gasteiger partial charge in [0.2, 0.25) is 0 Å². The SMILES string of the molecule is NCCC1CCc2c(Br)cc(F)cc21. The Balaban J connectivity index is 2.38. The fraction of sp³-hybridized carbons (Fsp3) is 0.455. The van der Waals surface area contributed by atoms with Crippen molar-refractivity contribution in [3.8, 4) is 0 Å². The number of benzene rings is 1. The van der Waals surface area contributed by atoms with Crippen LogP contribution in [0.1, 0.15) is 29.9 Å². The van der Waals surface area contributed by atoms with Gasteiger partial charge in [-0.1, -0.05) is 15.9 Å². The Morgan fingerprint density at radius 1 is 1.50 bits per heavy atom. The van der Waals surface area contributed by atoms with Crippen LogP contribution in [0.15, 0.2) is 16.6 Å². The Kier molecular flexibility index (Phi) is 2.88. The van der Waals surface area contributed by atoms with E-state index in [1.165, 1.54) is 5.56 Å². The van der Waals surface area contributed by atoms with Crippen LogP contribution in [-0.2, 0) is 6.42 Å². The van der Waals surface area contributed by atoms with E-state index in [4.69, 9.17) is 5.73 Å². The van der Waals surface area contributed by atoms with Gasteiger partial charge in [-0.05, 0) is 55.0 Å². The molecule has 0 radical (unpaired) electrons. The first-order valence-electron chi connectivity index (χ1n) is 4.90. The van der Waals surface area contributed by atoms with Crippen molar-refractivity contribution in [3.63, 3.8) is 0 Å². The van der Waals surface area contributed by atoms with Crippen molar-refractivity contribution in [3.05, 3.63) is 33.5 Å². The average Bonchev–Trinajstić information content (AvgIpc) is 2.49. The van der Waals surface area contributed by atoms with Crippen LogP contribution in [0.4, 0.5) is 4.39 Å². The van der Waals surface area contributed by atoms with Crippen LogP contribution in [0.25, 0.3) is 0 Å². The Hall–Kier alpha value is -0.410. The molecule has 14 heavy (non-hydrogen) atoms. The third-order valence-corrected chi connectivity index (χ3v) is 3.60. The minimum absolute atomic E-state index is 0.153. The van der Waals surface area contributed by atoms with E-state index in [1.54, 1.807) is 12.1 Å². The summed E-state index contributed by atoms with van der Waals surface area (Å²) in [6, 6.07) is 3.21. The topological polar surface area (TPSA) is 26.0 Å². The van der Waals surface area contributed by atoms with Crippen molar-refractivity contribution >= 4 is 15.9 Å². The van der Waals surface area contributed by atoms with Crippen LogP contribution >= 0.6 is 15.9 Å². The molecule has 1 aromatic carbocycles. The standard InChI is InChI=1S/C11H13BrFN/c12-11-6-8(13)5-10-7(3-4-14)1-2-9(10)11/h5-7H,1-4,14H2. The molecule has 0 spiro atoms. The lowest BCUT2D eigenvalue weighted by molar-refractivity contribution is 0.607. The van der Waals surface area contributed by atoms with Gasteiger partial charge in [0.05, 0.1) is 0 Å². The van der Waals surface area contributed by atoms with E-state index >= 15 is 0 Å². The Morgan fingerprint density at radius 2 is 2.29 bits per heavy atom. The minimum atomic E-state index is -0.153. The highest BCUT2D eigenvalue weighted by atomic mass is 79.9. The summed E-state index contributed by atoms with van der Waals surface area (Å²) in [5.74, 6) is 0.307. The molecule has 1 atom stereocenters. The third kappa shape index (κ3) is 1.71. The summed E-state index contributed by atoms with van der Waals surface area (Å²) < 4.78 is 14.1. The smallest absolute Gasteiger partial charge is 0.124 e. The Morgan fingerprint density at radius 3 is 3.00 bits per heavy atom. The van der Waals surface area contributed by atoms with Gasteiger partial charge in [0.1, 0.15) is 5.82 Å². The van der Waals surface area contributed by atoms with Crippen LogP contribution in [-0.4, -0.2) is 6.54 Å². The minimum Gasteiger partial charge on any atom is -0.330 e. The van der Waals surface area contributed by atoms with Gasteiger partial charge in [0, 0.05) is 4.47 Å². The fourth-order valence-corrected chi connectivity index (χ4v) is 2.87. The zero-order valence-corrected chi connectivity index (χ0v) is 9.48. The molecule has 1 unspecified atom stereocenters. The molecule has 2 rings (SSSR count). The number of fused-ring (bicyclic) bond motifs is 1. The second-order valence-electron chi connectivity index (χ2n) is 3.77.